The number of halogens is 6. The second kappa shape index (κ2) is 8.95. The molecule has 1 aliphatic rings. The van der Waals surface area contributed by atoms with Gasteiger partial charge in [0.05, 0.1) is 11.1 Å². The van der Waals surface area contributed by atoms with Gasteiger partial charge in [-0.15, -0.1) is 10.2 Å². The third kappa shape index (κ3) is 5.29. The van der Waals surface area contributed by atoms with Crippen molar-refractivity contribution >= 4 is 5.91 Å². The van der Waals surface area contributed by atoms with Crippen LogP contribution in [0.2, 0.25) is 0 Å². The molecule has 13 heteroatoms. The number of piperidine rings is 1. The smallest absolute Gasteiger partial charge is 0.416 e. The van der Waals surface area contributed by atoms with Gasteiger partial charge in [-0.2, -0.15) is 31.4 Å². The molecule has 1 amide bonds. The average molecular weight is 485 g/mol. The fourth-order valence-corrected chi connectivity index (χ4v) is 3.51. The van der Waals surface area contributed by atoms with E-state index in [1.165, 1.54) is 9.58 Å². The molecule has 1 aliphatic heterocycles. The summed E-state index contributed by atoms with van der Waals surface area (Å²) in [5, 5.41) is 12.0. The van der Waals surface area contributed by atoms with Crippen LogP contribution in [0.3, 0.4) is 0 Å². The normalized spacial score (nSPS) is 15.4. The summed E-state index contributed by atoms with van der Waals surface area (Å²) < 4.78 is 85.7. The van der Waals surface area contributed by atoms with E-state index in [1.807, 2.05) is 0 Å². The van der Waals surface area contributed by atoms with Gasteiger partial charge in [0.15, 0.2) is 5.82 Å². The van der Waals surface area contributed by atoms with Crippen molar-refractivity contribution in [3.8, 4) is 11.7 Å². The van der Waals surface area contributed by atoms with Crippen LogP contribution in [0.4, 0.5) is 26.3 Å². The summed E-state index contributed by atoms with van der Waals surface area (Å²) >= 11 is 0. The quantitative estimate of drug-likeness (QED) is 0.513. The monoisotopic (exact) mass is 485 g/mol. The number of nitrogens with zero attached hydrogens (tertiary/aromatic N) is 5. The van der Waals surface area contributed by atoms with E-state index >= 15 is 0 Å². The second-order valence-electron chi connectivity index (χ2n) is 7.58. The summed E-state index contributed by atoms with van der Waals surface area (Å²) in [6.07, 6.45) is -6.47. The number of hydrogen-bond donors (Lipinski definition) is 0. The summed E-state index contributed by atoms with van der Waals surface area (Å²) in [5.41, 5.74) is -3.72. The first-order chi connectivity index (χ1) is 16.0. The van der Waals surface area contributed by atoms with Gasteiger partial charge in [0, 0.05) is 50.0 Å². The number of amides is 1. The number of ether oxygens (including phenoxy) is 1. The molecule has 180 valence electrons. The molecule has 0 atom stereocenters. The Morgan fingerprint density at radius 3 is 2.09 bits per heavy atom. The van der Waals surface area contributed by atoms with E-state index in [9.17, 15) is 31.1 Å². The van der Waals surface area contributed by atoms with Gasteiger partial charge in [0.2, 0.25) is 5.88 Å². The lowest BCUT2D eigenvalue weighted by Gasteiger charge is -2.32. The van der Waals surface area contributed by atoms with Crippen molar-refractivity contribution in [2.24, 2.45) is 0 Å². The van der Waals surface area contributed by atoms with Crippen LogP contribution in [0.1, 0.15) is 34.3 Å². The second-order valence-corrected chi connectivity index (χ2v) is 7.58. The molecule has 0 unspecified atom stereocenters. The highest BCUT2D eigenvalue weighted by molar-refractivity contribution is 5.94. The van der Waals surface area contributed by atoms with E-state index in [2.05, 4.69) is 15.3 Å². The molecule has 2 aromatic heterocycles. The Balaban J connectivity index is 1.41. The highest BCUT2D eigenvalue weighted by atomic mass is 19.4. The molecule has 7 nitrogen and oxygen atoms in total. The van der Waals surface area contributed by atoms with Crippen LogP contribution in [-0.2, 0) is 12.4 Å². The zero-order valence-electron chi connectivity index (χ0n) is 17.3. The molecule has 1 saturated heterocycles. The molecule has 0 aliphatic carbocycles. The van der Waals surface area contributed by atoms with Gasteiger partial charge >= 0.3 is 12.4 Å². The van der Waals surface area contributed by atoms with Crippen LogP contribution in [-0.4, -0.2) is 50.0 Å². The maximum absolute atomic E-state index is 13.1. The summed E-state index contributed by atoms with van der Waals surface area (Å²) in [7, 11) is 0. The van der Waals surface area contributed by atoms with Crippen LogP contribution >= 0.6 is 0 Å². The van der Waals surface area contributed by atoms with E-state index in [4.69, 9.17) is 4.74 Å². The first kappa shape index (κ1) is 23.5. The molecule has 0 spiro atoms. The minimum Gasteiger partial charge on any atom is -0.473 e. The van der Waals surface area contributed by atoms with E-state index in [-0.39, 0.29) is 31.1 Å². The largest absolute Gasteiger partial charge is 0.473 e. The number of carbonyl (C=O) groups is 1. The summed E-state index contributed by atoms with van der Waals surface area (Å²) in [4.78, 5) is 13.9. The molecule has 0 radical (unpaired) electrons. The molecular weight excluding hydrogens is 468 g/mol. The van der Waals surface area contributed by atoms with E-state index in [1.54, 1.807) is 30.6 Å². The summed E-state index contributed by atoms with van der Waals surface area (Å²) in [6, 6.07) is 5.86. The Morgan fingerprint density at radius 2 is 1.59 bits per heavy atom. The Morgan fingerprint density at radius 1 is 0.941 bits per heavy atom. The van der Waals surface area contributed by atoms with Gasteiger partial charge in [0.25, 0.3) is 5.91 Å². The van der Waals surface area contributed by atoms with Crippen molar-refractivity contribution in [2.75, 3.05) is 13.1 Å². The maximum atomic E-state index is 13.1. The third-order valence-corrected chi connectivity index (χ3v) is 5.22. The lowest BCUT2D eigenvalue weighted by atomic mass is 10.0. The summed E-state index contributed by atoms with van der Waals surface area (Å²) in [6.45, 7) is 0.194. The number of alkyl halides is 6. The standard InChI is InChI=1S/C21H17F6N5O2/c22-20(23,24)14-10-13(11-15(12-14)21(25,26)27)19(33)31-8-4-16(5-9-31)34-18-3-2-17(29-30-18)32-7-1-6-28-32/h1-3,6-7,10-12,16H,4-5,8-9H2. The van der Waals surface area contributed by atoms with Crippen molar-refractivity contribution in [3.63, 3.8) is 0 Å². The van der Waals surface area contributed by atoms with Gasteiger partial charge in [-0.25, -0.2) is 4.68 Å². The summed E-state index contributed by atoms with van der Waals surface area (Å²) in [5.74, 6) is -0.177. The van der Waals surface area contributed by atoms with Crippen molar-refractivity contribution in [1.82, 2.24) is 24.9 Å². The lowest BCUT2D eigenvalue weighted by Crippen LogP contribution is -2.42. The highest BCUT2D eigenvalue weighted by Gasteiger charge is 2.38. The predicted molar refractivity (Wildman–Crippen MR) is 105 cm³/mol. The van der Waals surface area contributed by atoms with Gasteiger partial charge in [-0.1, -0.05) is 0 Å². The van der Waals surface area contributed by atoms with Crippen molar-refractivity contribution in [2.45, 2.75) is 31.3 Å². The van der Waals surface area contributed by atoms with E-state index in [0.717, 1.165) is 0 Å². The number of hydrogen-bond acceptors (Lipinski definition) is 5. The maximum Gasteiger partial charge on any atom is 0.416 e. The molecule has 34 heavy (non-hydrogen) atoms. The predicted octanol–water partition coefficient (Wildman–Crippen LogP) is 4.38. The topological polar surface area (TPSA) is 73.1 Å². The molecule has 0 saturated carbocycles. The molecule has 4 rings (SSSR count). The first-order valence-corrected chi connectivity index (χ1v) is 10.1. The molecule has 1 aromatic carbocycles. The fraction of sp³-hybridized carbons (Fsp3) is 0.333. The van der Waals surface area contributed by atoms with Gasteiger partial charge in [-0.3, -0.25) is 4.79 Å². The van der Waals surface area contributed by atoms with Crippen LogP contribution in [0.25, 0.3) is 5.82 Å². The molecule has 3 aromatic rings. The SMILES string of the molecule is O=C(c1cc(C(F)(F)F)cc(C(F)(F)F)c1)N1CCC(Oc2ccc(-n3cccn3)nn2)CC1. The average Bonchev–Trinajstić information content (AvgIpc) is 3.33. The van der Waals surface area contributed by atoms with E-state index < -0.39 is 35.0 Å². The third-order valence-electron chi connectivity index (χ3n) is 5.22. The Kier molecular flexibility index (Phi) is 6.19. The Hall–Kier alpha value is -3.64. The molecule has 3 heterocycles. The Labute approximate surface area is 189 Å². The van der Waals surface area contributed by atoms with Crippen LogP contribution < -0.4 is 4.74 Å². The van der Waals surface area contributed by atoms with Crippen molar-refractivity contribution in [1.29, 1.82) is 0 Å². The van der Waals surface area contributed by atoms with Crippen molar-refractivity contribution in [3.05, 3.63) is 65.5 Å². The molecule has 0 bridgehead atoms. The minimum absolute atomic E-state index is 0.00444. The molecular formula is C21H17F6N5O2. The number of aromatic nitrogens is 4. The van der Waals surface area contributed by atoms with Crippen LogP contribution in [0, 0.1) is 0 Å². The highest BCUT2D eigenvalue weighted by Crippen LogP contribution is 2.36. The van der Waals surface area contributed by atoms with Gasteiger partial charge in [-0.05, 0) is 30.3 Å². The molecule has 0 N–H and O–H groups in total. The fourth-order valence-electron chi connectivity index (χ4n) is 3.51. The van der Waals surface area contributed by atoms with E-state index in [0.29, 0.717) is 30.8 Å². The minimum atomic E-state index is -5.02. The first-order valence-electron chi connectivity index (χ1n) is 10.1. The zero-order valence-corrected chi connectivity index (χ0v) is 17.3. The van der Waals surface area contributed by atoms with Gasteiger partial charge in [0.1, 0.15) is 6.10 Å². The molecule has 1 fully saturated rings. The zero-order chi connectivity index (χ0) is 24.5. The van der Waals surface area contributed by atoms with Crippen LogP contribution in [0.15, 0.2) is 48.8 Å². The number of likely N-dealkylation sites (tertiary alicyclic amines) is 1. The number of rotatable bonds is 4. The lowest BCUT2D eigenvalue weighted by molar-refractivity contribution is -0.143. The number of benzene rings is 1. The van der Waals surface area contributed by atoms with Crippen molar-refractivity contribution < 1.29 is 35.9 Å². The van der Waals surface area contributed by atoms with Gasteiger partial charge < -0.3 is 9.64 Å². The Bertz CT molecular complexity index is 1110. The number of carbonyl (C=O) groups excluding carboxylic acids is 1. The van der Waals surface area contributed by atoms with Crippen LogP contribution in [0.5, 0.6) is 5.88 Å².